The Labute approximate surface area is 172 Å². The van der Waals surface area contributed by atoms with Gasteiger partial charge in [0.25, 0.3) is 5.91 Å². The van der Waals surface area contributed by atoms with E-state index in [1.807, 2.05) is 4.90 Å². The summed E-state index contributed by atoms with van der Waals surface area (Å²) in [6.07, 6.45) is 0. The molecule has 0 unspecified atom stereocenters. The van der Waals surface area contributed by atoms with Crippen molar-refractivity contribution in [2.24, 2.45) is 0 Å². The molecule has 8 heteroatoms. The molecule has 2 amide bonds. The highest BCUT2D eigenvalue weighted by Gasteiger charge is 2.29. The van der Waals surface area contributed by atoms with Crippen molar-refractivity contribution >= 4 is 11.8 Å². The van der Waals surface area contributed by atoms with Crippen molar-refractivity contribution in [3.8, 4) is 11.5 Å². The van der Waals surface area contributed by atoms with E-state index in [2.05, 4.69) is 16.7 Å². The highest BCUT2D eigenvalue weighted by molar-refractivity contribution is 5.99. The molecule has 2 fully saturated rings. The van der Waals surface area contributed by atoms with Gasteiger partial charge in [-0.1, -0.05) is 13.0 Å². The molecule has 0 bridgehead atoms. The van der Waals surface area contributed by atoms with Gasteiger partial charge >= 0.3 is 0 Å². The second-order valence-corrected chi connectivity index (χ2v) is 7.42. The summed E-state index contributed by atoms with van der Waals surface area (Å²) in [4.78, 5) is 33.9. The summed E-state index contributed by atoms with van der Waals surface area (Å²) < 4.78 is 10.7. The zero-order valence-corrected chi connectivity index (χ0v) is 17.7. The van der Waals surface area contributed by atoms with Crippen LogP contribution in [-0.4, -0.2) is 111 Å². The molecule has 29 heavy (non-hydrogen) atoms. The van der Waals surface area contributed by atoms with Crippen molar-refractivity contribution in [3.05, 3.63) is 23.8 Å². The number of benzene rings is 1. The minimum absolute atomic E-state index is 0.0963. The van der Waals surface area contributed by atoms with Crippen LogP contribution in [0.15, 0.2) is 18.2 Å². The number of hydrogen-bond donors (Lipinski definition) is 0. The third-order valence-corrected chi connectivity index (χ3v) is 5.83. The third kappa shape index (κ3) is 5.00. The Balaban J connectivity index is 1.53. The monoisotopic (exact) mass is 404 g/mol. The van der Waals surface area contributed by atoms with Crippen LogP contribution in [0.3, 0.4) is 0 Å². The number of amides is 2. The van der Waals surface area contributed by atoms with Gasteiger partial charge in [0.1, 0.15) is 17.1 Å². The van der Waals surface area contributed by atoms with Gasteiger partial charge in [-0.15, -0.1) is 0 Å². The summed E-state index contributed by atoms with van der Waals surface area (Å²) >= 11 is 0. The van der Waals surface area contributed by atoms with Gasteiger partial charge < -0.3 is 24.2 Å². The molecule has 0 atom stereocenters. The fourth-order valence-corrected chi connectivity index (χ4v) is 3.93. The van der Waals surface area contributed by atoms with E-state index in [9.17, 15) is 9.59 Å². The van der Waals surface area contributed by atoms with Crippen molar-refractivity contribution in [1.29, 1.82) is 0 Å². The van der Waals surface area contributed by atoms with Gasteiger partial charge in [-0.3, -0.25) is 14.5 Å². The van der Waals surface area contributed by atoms with Crippen molar-refractivity contribution in [1.82, 2.24) is 19.6 Å². The van der Waals surface area contributed by atoms with Crippen molar-refractivity contribution < 1.29 is 19.1 Å². The molecule has 0 N–H and O–H groups in total. The SMILES string of the molecule is CCN1CCN(C(=O)CN2CCN(C(=O)c3c(OC)cccc3OC)CC2)CC1. The first-order valence-corrected chi connectivity index (χ1v) is 10.3. The Morgan fingerprint density at radius 2 is 1.34 bits per heavy atom. The molecule has 2 aliphatic rings. The molecule has 0 aliphatic carbocycles. The van der Waals surface area contributed by atoms with Crippen molar-refractivity contribution in [3.63, 3.8) is 0 Å². The van der Waals surface area contributed by atoms with Crippen LogP contribution in [0.2, 0.25) is 0 Å². The number of nitrogens with zero attached hydrogens (tertiary/aromatic N) is 4. The minimum atomic E-state index is -0.0963. The molecule has 0 radical (unpaired) electrons. The largest absolute Gasteiger partial charge is 0.496 e. The molecule has 0 saturated carbocycles. The quantitative estimate of drug-likeness (QED) is 0.693. The molecule has 1 aromatic rings. The van der Waals surface area contributed by atoms with Gasteiger partial charge in [-0.2, -0.15) is 0 Å². The average Bonchev–Trinajstić information content (AvgIpc) is 2.78. The Bertz CT molecular complexity index is 688. The lowest BCUT2D eigenvalue weighted by atomic mass is 10.1. The molecule has 2 heterocycles. The summed E-state index contributed by atoms with van der Waals surface area (Å²) in [6, 6.07) is 5.34. The van der Waals surface area contributed by atoms with Crippen molar-refractivity contribution in [2.45, 2.75) is 6.92 Å². The van der Waals surface area contributed by atoms with Crippen LogP contribution in [0.4, 0.5) is 0 Å². The summed E-state index contributed by atoms with van der Waals surface area (Å²) in [5, 5.41) is 0. The van der Waals surface area contributed by atoms with Gasteiger partial charge in [0.15, 0.2) is 0 Å². The Morgan fingerprint density at radius 1 is 0.828 bits per heavy atom. The highest BCUT2D eigenvalue weighted by atomic mass is 16.5. The molecular formula is C21H32N4O4. The number of rotatable bonds is 6. The van der Waals surface area contributed by atoms with Crippen LogP contribution in [0, 0.1) is 0 Å². The standard InChI is InChI=1S/C21H32N4O4/c1-4-22-8-12-24(13-9-22)19(26)16-23-10-14-25(15-11-23)21(27)20-17(28-2)6-5-7-18(20)29-3/h5-7H,4,8-16H2,1-3H3. The highest BCUT2D eigenvalue weighted by Crippen LogP contribution is 2.29. The number of hydrogen-bond acceptors (Lipinski definition) is 6. The first-order chi connectivity index (χ1) is 14.1. The van der Waals surface area contributed by atoms with Crippen LogP contribution in [0.1, 0.15) is 17.3 Å². The number of carbonyl (C=O) groups excluding carboxylic acids is 2. The van der Waals surface area contributed by atoms with E-state index in [1.165, 1.54) is 0 Å². The third-order valence-electron chi connectivity index (χ3n) is 5.83. The van der Waals surface area contributed by atoms with Crippen LogP contribution in [-0.2, 0) is 4.79 Å². The Kier molecular flexibility index (Phi) is 7.33. The first-order valence-electron chi connectivity index (χ1n) is 10.3. The van der Waals surface area contributed by atoms with Gasteiger partial charge in [0, 0.05) is 52.4 Å². The second-order valence-electron chi connectivity index (χ2n) is 7.42. The predicted octanol–water partition coefficient (Wildman–Crippen LogP) is 0.626. The lowest BCUT2D eigenvalue weighted by molar-refractivity contribution is -0.134. The summed E-state index contributed by atoms with van der Waals surface area (Å²) in [6.45, 7) is 9.65. The summed E-state index contributed by atoms with van der Waals surface area (Å²) in [5.41, 5.74) is 0.454. The maximum absolute atomic E-state index is 13.1. The summed E-state index contributed by atoms with van der Waals surface area (Å²) in [7, 11) is 3.10. The van der Waals surface area contributed by atoms with E-state index >= 15 is 0 Å². The van der Waals surface area contributed by atoms with Crippen molar-refractivity contribution in [2.75, 3.05) is 79.7 Å². The zero-order valence-electron chi connectivity index (χ0n) is 17.7. The number of likely N-dealkylation sites (N-methyl/N-ethyl adjacent to an activating group) is 1. The van der Waals surface area contributed by atoms with Crippen LogP contribution in [0.5, 0.6) is 11.5 Å². The predicted molar refractivity (Wildman–Crippen MR) is 111 cm³/mol. The Morgan fingerprint density at radius 3 is 1.86 bits per heavy atom. The van der Waals surface area contributed by atoms with E-state index in [-0.39, 0.29) is 11.8 Å². The molecule has 1 aromatic carbocycles. The van der Waals surface area contributed by atoms with Gasteiger partial charge in [0.2, 0.25) is 5.91 Å². The Hall–Kier alpha value is -2.32. The normalized spacial score (nSPS) is 18.6. The maximum atomic E-state index is 13.1. The molecule has 8 nitrogen and oxygen atoms in total. The van der Waals surface area contributed by atoms with E-state index < -0.39 is 0 Å². The van der Waals surface area contributed by atoms with E-state index in [0.29, 0.717) is 49.8 Å². The molecule has 2 aliphatic heterocycles. The molecule has 0 aromatic heterocycles. The van der Waals surface area contributed by atoms with Gasteiger partial charge in [0.05, 0.1) is 20.8 Å². The first kappa shape index (κ1) is 21.4. The molecule has 3 rings (SSSR count). The van der Waals surface area contributed by atoms with Crippen LogP contribution in [0.25, 0.3) is 0 Å². The minimum Gasteiger partial charge on any atom is -0.496 e. The fourth-order valence-electron chi connectivity index (χ4n) is 3.93. The maximum Gasteiger partial charge on any atom is 0.261 e. The lowest BCUT2D eigenvalue weighted by Gasteiger charge is -2.38. The fraction of sp³-hybridized carbons (Fsp3) is 0.619. The molecule has 160 valence electrons. The molecule has 0 spiro atoms. The molecule has 2 saturated heterocycles. The summed E-state index contributed by atoms with van der Waals surface area (Å²) in [5.74, 6) is 1.12. The van der Waals surface area contributed by atoms with E-state index in [4.69, 9.17) is 9.47 Å². The van der Waals surface area contributed by atoms with Gasteiger partial charge in [-0.05, 0) is 18.7 Å². The number of piperazine rings is 2. The number of carbonyl (C=O) groups is 2. The lowest BCUT2D eigenvalue weighted by Crippen LogP contribution is -2.54. The molecular weight excluding hydrogens is 372 g/mol. The van der Waals surface area contributed by atoms with E-state index in [1.54, 1.807) is 37.3 Å². The topological polar surface area (TPSA) is 65.6 Å². The second kappa shape index (κ2) is 9.93. The number of methoxy groups -OCH3 is 2. The van der Waals surface area contributed by atoms with Crippen LogP contribution >= 0.6 is 0 Å². The zero-order chi connectivity index (χ0) is 20.8. The number of ether oxygens (including phenoxy) is 2. The van der Waals surface area contributed by atoms with E-state index in [0.717, 1.165) is 32.7 Å². The van der Waals surface area contributed by atoms with Gasteiger partial charge in [-0.25, -0.2) is 0 Å². The smallest absolute Gasteiger partial charge is 0.261 e. The van der Waals surface area contributed by atoms with Crippen LogP contribution < -0.4 is 9.47 Å². The average molecular weight is 405 g/mol.